The van der Waals surface area contributed by atoms with Crippen molar-refractivity contribution < 1.29 is 30.0 Å². The first-order valence-electron chi connectivity index (χ1n) is 17.5. The number of ketones is 1. The molecule has 0 amide bonds. The van der Waals surface area contributed by atoms with E-state index in [-0.39, 0.29) is 43.5 Å². The molecule has 0 aliphatic rings. The maximum absolute atomic E-state index is 11.7. The molecule has 49 heavy (non-hydrogen) atoms. The summed E-state index contributed by atoms with van der Waals surface area (Å²) in [4.78, 5) is 16.8. The fraction of sp³-hybridized carbons (Fsp3) is 0.318. The van der Waals surface area contributed by atoms with E-state index < -0.39 is 13.3 Å². The van der Waals surface area contributed by atoms with E-state index in [0.29, 0.717) is 0 Å². The molecule has 0 aliphatic carbocycles. The SMILES string of the molecule is CCC(CC)C(=O)/C=C(\O)C(CC)CC.Cc1cc(-c2cc(-c3ccccc3)c3c[c]([Ge]([CH3])([CH3])[CH3])ccc3n2)[c-]cc1-c1ccccc1.[Ir]. The summed E-state index contributed by atoms with van der Waals surface area (Å²) in [5.41, 5.74) is 9.16. The normalized spacial score (nSPS) is 11.7. The molecule has 5 heteroatoms. The van der Waals surface area contributed by atoms with Crippen LogP contribution in [-0.2, 0) is 24.9 Å². The van der Waals surface area contributed by atoms with Crippen molar-refractivity contribution in [2.75, 3.05) is 0 Å². The number of fused-ring (bicyclic) bond motifs is 1. The minimum absolute atomic E-state index is 0. The van der Waals surface area contributed by atoms with E-state index in [9.17, 15) is 9.90 Å². The van der Waals surface area contributed by atoms with Gasteiger partial charge in [-0.1, -0.05) is 45.9 Å². The molecular weight excluding hydrogens is 839 g/mol. The molecule has 3 nitrogen and oxygen atoms in total. The molecule has 0 saturated carbocycles. The molecular formula is C44H52GeIrNO2-. The smallest absolute Gasteiger partial charge is 0.0625 e. The summed E-state index contributed by atoms with van der Waals surface area (Å²) >= 11 is -1.96. The van der Waals surface area contributed by atoms with Crippen molar-refractivity contribution in [2.24, 2.45) is 11.8 Å². The van der Waals surface area contributed by atoms with Gasteiger partial charge in [0, 0.05) is 38.0 Å². The van der Waals surface area contributed by atoms with E-state index in [1.807, 2.05) is 27.7 Å². The monoisotopic (exact) mass is 893 g/mol. The van der Waals surface area contributed by atoms with Crippen LogP contribution >= 0.6 is 0 Å². The zero-order chi connectivity index (χ0) is 34.8. The Morgan fingerprint density at radius 2 is 1.33 bits per heavy atom. The van der Waals surface area contributed by atoms with E-state index in [2.05, 4.69) is 127 Å². The number of aliphatic hydroxyl groups excluding tert-OH is 1. The van der Waals surface area contributed by atoms with Crippen molar-refractivity contribution in [1.29, 1.82) is 0 Å². The number of aromatic nitrogens is 1. The van der Waals surface area contributed by atoms with Gasteiger partial charge in [0.1, 0.15) is 0 Å². The van der Waals surface area contributed by atoms with E-state index >= 15 is 0 Å². The van der Waals surface area contributed by atoms with E-state index in [0.717, 1.165) is 42.5 Å². The molecule has 1 N–H and O–H groups in total. The van der Waals surface area contributed by atoms with E-state index in [1.54, 1.807) is 0 Å². The van der Waals surface area contributed by atoms with Crippen LogP contribution in [0.15, 0.2) is 109 Å². The minimum Gasteiger partial charge on any atom is -0.0625 e. The Bertz CT molecular complexity index is 1840. The molecule has 0 bridgehead atoms. The van der Waals surface area contributed by atoms with Crippen LogP contribution in [0.2, 0.25) is 17.3 Å². The van der Waals surface area contributed by atoms with Gasteiger partial charge in [0.2, 0.25) is 0 Å². The van der Waals surface area contributed by atoms with Crippen molar-refractivity contribution in [3.63, 3.8) is 0 Å². The van der Waals surface area contributed by atoms with Gasteiger partial charge in [0.15, 0.2) is 5.78 Å². The molecule has 0 unspecified atom stereocenters. The molecule has 4 aromatic carbocycles. The second kappa shape index (κ2) is 18.6. The first kappa shape index (κ1) is 40.1. The predicted molar refractivity (Wildman–Crippen MR) is 208 cm³/mol. The Balaban J connectivity index is 0.000000347. The van der Waals surface area contributed by atoms with Crippen molar-refractivity contribution in [1.82, 2.24) is 4.98 Å². The number of benzene rings is 4. The molecule has 0 spiro atoms. The van der Waals surface area contributed by atoms with Crippen LogP contribution in [0.25, 0.3) is 44.4 Å². The topological polar surface area (TPSA) is 50.2 Å². The first-order valence-corrected chi connectivity index (χ1v) is 24.9. The van der Waals surface area contributed by atoms with Gasteiger partial charge >= 0.3 is 182 Å². The van der Waals surface area contributed by atoms with Gasteiger partial charge in [0.25, 0.3) is 0 Å². The molecule has 5 aromatic rings. The predicted octanol–water partition coefficient (Wildman–Crippen LogP) is 11.8. The Morgan fingerprint density at radius 3 is 1.84 bits per heavy atom. The zero-order valence-corrected chi connectivity index (χ0v) is 34.9. The fourth-order valence-corrected chi connectivity index (χ4v) is 8.58. The number of nitrogens with zero attached hydrogens (tertiary/aromatic N) is 1. The van der Waals surface area contributed by atoms with Crippen LogP contribution < -0.4 is 4.40 Å². The van der Waals surface area contributed by atoms with Crippen molar-refractivity contribution in [2.45, 2.75) is 77.6 Å². The van der Waals surface area contributed by atoms with Gasteiger partial charge in [-0.2, -0.15) is 0 Å². The average molecular weight is 892 g/mol. The number of carbonyl (C=O) groups excluding carboxylic acids is 1. The second-order valence-electron chi connectivity index (χ2n) is 13.7. The average Bonchev–Trinajstić information content (AvgIpc) is 3.09. The van der Waals surface area contributed by atoms with Gasteiger partial charge in [0.05, 0.1) is 5.76 Å². The quantitative estimate of drug-likeness (QED) is 0.0622. The standard InChI is InChI=1S/C31H28GeN.C13H24O2.Ir/c1-22-19-25(15-17-27(22)23-11-7-5-8-12-23)31-21-28(24-13-9-6-10-14-24)29-20-26(32(2,3)4)16-18-30(29)33-31;1-5-10(6-2)12(14)9-13(15)11(7-3)8-4;/h5-14,16-21H,1-4H3;9-11,14H,5-8H2,1-4H3;/q-1;;/b;12-9-;. The van der Waals surface area contributed by atoms with Crippen molar-refractivity contribution >= 4 is 34.3 Å². The number of hydrogen-bond acceptors (Lipinski definition) is 3. The van der Waals surface area contributed by atoms with Gasteiger partial charge in [-0.15, -0.1) is 0 Å². The van der Waals surface area contributed by atoms with Gasteiger partial charge in [-0.25, -0.2) is 0 Å². The molecule has 1 radical (unpaired) electrons. The summed E-state index contributed by atoms with van der Waals surface area (Å²) in [5, 5.41) is 11.0. The third-order valence-corrected chi connectivity index (χ3v) is 13.6. The summed E-state index contributed by atoms with van der Waals surface area (Å²) < 4.78 is 1.50. The number of aliphatic hydroxyl groups is 1. The molecule has 0 fully saturated rings. The Hall–Kier alpha value is -3.31. The number of allylic oxidation sites excluding steroid dienone is 2. The minimum atomic E-state index is -1.96. The molecule has 259 valence electrons. The zero-order valence-electron chi connectivity index (χ0n) is 30.4. The van der Waals surface area contributed by atoms with Crippen LogP contribution in [0.1, 0.15) is 58.9 Å². The number of hydrogen-bond donors (Lipinski definition) is 1. The number of aryl methyl sites for hydroxylation is 1. The van der Waals surface area contributed by atoms with E-state index in [4.69, 9.17) is 4.98 Å². The second-order valence-corrected chi connectivity index (χ2v) is 24.4. The van der Waals surface area contributed by atoms with Crippen LogP contribution in [0, 0.1) is 24.8 Å². The van der Waals surface area contributed by atoms with Gasteiger partial charge < -0.3 is 5.11 Å². The third-order valence-electron chi connectivity index (χ3n) is 9.36. The first-order chi connectivity index (χ1) is 23.0. The summed E-state index contributed by atoms with van der Waals surface area (Å²) in [6.07, 6.45) is 4.91. The van der Waals surface area contributed by atoms with Crippen LogP contribution in [0.4, 0.5) is 0 Å². The van der Waals surface area contributed by atoms with Gasteiger partial charge in [-0.3, -0.25) is 4.79 Å². The third kappa shape index (κ3) is 10.4. The summed E-state index contributed by atoms with van der Waals surface area (Å²) in [7, 11) is 0. The maximum atomic E-state index is 11.7. The number of pyridine rings is 1. The fourth-order valence-electron chi connectivity index (χ4n) is 6.14. The Labute approximate surface area is 311 Å². The van der Waals surface area contributed by atoms with Crippen LogP contribution in [0.5, 0.6) is 0 Å². The molecule has 0 aliphatic heterocycles. The molecule has 1 aromatic heterocycles. The summed E-state index contributed by atoms with van der Waals surface area (Å²) in [6, 6.07) is 38.1. The van der Waals surface area contributed by atoms with Crippen molar-refractivity contribution in [3.05, 3.63) is 121 Å². The van der Waals surface area contributed by atoms with Crippen molar-refractivity contribution in [3.8, 4) is 33.5 Å². The molecule has 0 saturated heterocycles. The number of rotatable bonds is 11. The molecule has 0 atom stereocenters. The molecule has 1 heterocycles. The molecule has 5 rings (SSSR count). The number of carbonyl (C=O) groups is 1. The van der Waals surface area contributed by atoms with Crippen LogP contribution in [-0.4, -0.2) is 29.1 Å². The van der Waals surface area contributed by atoms with E-state index in [1.165, 1.54) is 43.7 Å². The summed E-state index contributed by atoms with van der Waals surface area (Å²) in [5.74, 6) is 7.87. The van der Waals surface area contributed by atoms with Crippen LogP contribution in [0.3, 0.4) is 0 Å². The Morgan fingerprint density at radius 1 is 0.776 bits per heavy atom. The van der Waals surface area contributed by atoms with Gasteiger partial charge in [-0.05, 0) is 25.7 Å². The Kier molecular flexibility index (Phi) is 15.2. The summed E-state index contributed by atoms with van der Waals surface area (Å²) in [6.45, 7) is 10.2.